The Bertz CT molecular complexity index is 95.8. The summed E-state index contributed by atoms with van der Waals surface area (Å²) in [6.45, 7) is 6.80. The molecule has 1 nitrogen and oxygen atoms in total. The number of nitrogens with one attached hydrogen (secondary N) is 1. The van der Waals surface area contributed by atoms with Crippen molar-refractivity contribution < 1.29 is 0 Å². The zero-order chi connectivity index (χ0) is 9.40. The molecule has 0 saturated heterocycles. The minimum absolute atomic E-state index is 0.659. The lowest BCUT2D eigenvalue weighted by Gasteiger charge is -2.18. The van der Waals surface area contributed by atoms with Gasteiger partial charge in [0, 0.05) is 17.8 Å². The van der Waals surface area contributed by atoms with Crippen molar-refractivity contribution >= 4 is 11.8 Å². The van der Waals surface area contributed by atoms with Crippen molar-refractivity contribution in [2.24, 2.45) is 0 Å². The molecule has 0 fully saturated rings. The third-order valence-corrected chi connectivity index (χ3v) is 2.81. The van der Waals surface area contributed by atoms with Crippen LogP contribution in [0, 0.1) is 0 Å². The number of hydrogen-bond acceptors (Lipinski definition) is 2. The predicted molar refractivity (Wildman–Crippen MR) is 60.0 cm³/mol. The maximum absolute atomic E-state index is 3.59. The van der Waals surface area contributed by atoms with E-state index in [4.69, 9.17) is 0 Å². The van der Waals surface area contributed by atoms with Crippen LogP contribution in [0.2, 0.25) is 0 Å². The first-order valence-electron chi connectivity index (χ1n) is 4.95. The van der Waals surface area contributed by atoms with Crippen LogP contribution < -0.4 is 5.32 Å². The molecule has 0 aromatic carbocycles. The van der Waals surface area contributed by atoms with E-state index in [2.05, 4.69) is 32.3 Å². The topological polar surface area (TPSA) is 12.0 Å². The standard InChI is InChI=1S/C10H23NS/c1-5-6-7-9(2)11-10(3)8-12-4/h9-11H,5-8H2,1-4H3. The average Bonchev–Trinajstić information content (AvgIpc) is 2.01. The molecule has 74 valence electrons. The monoisotopic (exact) mass is 189 g/mol. The largest absolute Gasteiger partial charge is 0.311 e. The fraction of sp³-hybridized carbons (Fsp3) is 1.00. The van der Waals surface area contributed by atoms with E-state index in [1.54, 1.807) is 0 Å². The molecule has 0 bridgehead atoms. The molecule has 12 heavy (non-hydrogen) atoms. The molecule has 0 aliphatic heterocycles. The molecule has 0 aromatic heterocycles. The molecule has 0 amide bonds. The van der Waals surface area contributed by atoms with Crippen LogP contribution in [0.3, 0.4) is 0 Å². The van der Waals surface area contributed by atoms with E-state index in [1.807, 2.05) is 11.8 Å². The van der Waals surface area contributed by atoms with Crippen molar-refractivity contribution in [1.82, 2.24) is 5.32 Å². The zero-order valence-electron chi connectivity index (χ0n) is 8.89. The highest BCUT2D eigenvalue weighted by Crippen LogP contribution is 2.03. The number of hydrogen-bond donors (Lipinski definition) is 1. The van der Waals surface area contributed by atoms with Gasteiger partial charge in [0.1, 0.15) is 0 Å². The summed E-state index contributed by atoms with van der Waals surface area (Å²) in [7, 11) is 0. The molecule has 0 aromatic rings. The van der Waals surface area contributed by atoms with Gasteiger partial charge in [-0.1, -0.05) is 19.8 Å². The average molecular weight is 189 g/mol. The molecule has 2 unspecified atom stereocenters. The molecule has 0 aliphatic carbocycles. The lowest BCUT2D eigenvalue weighted by Crippen LogP contribution is -2.35. The zero-order valence-corrected chi connectivity index (χ0v) is 9.71. The van der Waals surface area contributed by atoms with Crippen molar-refractivity contribution in [3.63, 3.8) is 0 Å². The minimum atomic E-state index is 0.659. The quantitative estimate of drug-likeness (QED) is 0.661. The maximum Gasteiger partial charge on any atom is 0.0132 e. The van der Waals surface area contributed by atoms with Gasteiger partial charge in [-0.05, 0) is 26.5 Å². The summed E-state index contributed by atoms with van der Waals surface area (Å²) in [6, 6.07) is 1.35. The second-order valence-corrected chi connectivity index (χ2v) is 4.48. The van der Waals surface area contributed by atoms with Gasteiger partial charge in [0.2, 0.25) is 0 Å². The van der Waals surface area contributed by atoms with E-state index in [9.17, 15) is 0 Å². The summed E-state index contributed by atoms with van der Waals surface area (Å²) in [5.41, 5.74) is 0. The van der Waals surface area contributed by atoms with Gasteiger partial charge in [0.15, 0.2) is 0 Å². The van der Waals surface area contributed by atoms with E-state index in [0.717, 1.165) is 0 Å². The Morgan fingerprint density at radius 3 is 2.42 bits per heavy atom. The summed E-state index contributed by atoms with van der Waals surface area (Å²) in [5, 5.41) is 3.59. The molecule has 0 saturated carbocycles. The molecule has 2 atom stereocenters. The van der Waals surface area contributed by atoms with Gasteiger partial charge in [-0.3, -0.25) is 0 Å². The lowest BCUT2D eigenvalue weighted by molar-refractivity contribution is 0.456. The minimum Gasteiger partial charge on any atom is -0.311 e. The van der Waals surface area contributed by atoms with E-state index < -0.39 is 0 Å². The predicted octanol–water partition coefficient (Wildman–Crippen LogP) is 2.91. The summed E-state index contributed by atoms with van der Waals surface area (Å²) >= 11 is 1.91. The Labute approximate surface area is 81.7 Å². The second kappa shape index (κ2) is 7.93. The molecule has 0 spiro atoms. The second-order valence-electron chi connectivity index (χ2n) is 3.57. The Balaban J connectivity index is 3.33. The molecule has 2 heteroatoms. The number of unbranched alkanes of at least 4 members (excludes halogenated alkanes) is 1. The highest BCUT2D eigenvalue weighted by Gasteiger charge is 2.05. The highest BCUT2D eigenvalue weighted by atomic mass is 32.2. The summed E-state index contributed by atoms with van der Waals surface area (Å²) < 4.78 is 0. The van der Waals surface area contributed by atoms with Crippen LogP contribution in [-0.2, 0) is 0 Å². The van der Waals surface area contributed by atoms with E-state index in [-0.39, 0.29) is 0 Å². The van der Waals surface area contributed by atoms with Crippen LogP contribution in [0.1, 0.15) is 40.0 Å². The van der Waals surface area contributed by atoms with Crippen molar-refractivity contribution in [1.29, 1.82) is 0 Å². The van der Waals surface area contributed by atoms with Gasteiger partial charge >= 0.3 is 0 Å². The smallest absolute Gasteiger partial charge is 0.0132 e. The van der Waals surface area contributed by atoms with Crippen LogP contribution in [0.25, 0.3) is 0 Å². The van der Waals surface area contributed by atoms with Crippen molar-refractivity contribution in [3.8, 4) is 0 Å². The SMILES string of the molecule is CCCCC(C)NC(C)CSC. The van der Waals surface area contributed by atoms with Gasteiger partial charge in [-0.2, -0.15) is 11.8 Å². The van der Waals surface area contributed by atoms with Crippen LogP contribution >= 0.6 is 11.8 Å². The Morgan fingerprint density at radius 2 is 1.92 bits per heavy atom. The maximum atomic E-state index is 3.59. The third kappa shape index (κ3) is 6.99. The number of rotatable bonds is 7. The van der Waals surface area contributed by atoms with Gasteiger partial charge in [-0.15, -0.1) is 0 Å². The van der Waals surface area contributed by atoms with Gasteiger partial charge in [-0.25, -0.2) is 0 Å². The fourth-order valence-electron chi connectivity index (χ4n) is 1.38. The third-order valence-electron chi connectivity index (χ3n) is 1.98. The van der Waals surface area contributed by atoms with Gasteiger partial charge in [0.05, 0.1) is 0 Å². The van der Waals surface area contributed by atoms with Crippen molar-refractivity contribution in [2.75, 3.05) is 12.0 Å². The number of thioether (sulfide) groups is 1. The van der Waals surface area contributed by atoms with Crippen LogP contribution in [0.5, 0.6) is 0 Å². The van der Waals surface area contributed by atoms with Crippen LogP contribution in [0.15, 0.2) is 0 Å². The van der Waals surface area contributed by atoms with Crippen molar-refractivity contribution in [2.45, 2.75) is 52.1 Å². The van der Waals surface area contributed by atoms with E-state index >= 15 is 0 Å². The summed E-state index contributed by atoms with van der Waals surface area (Å²) in [6.07, 6.45) is 6.13. The summed E-state index contributed by atoms with van der Waals surface area (Å²) in [4.78, 5) is 0. The Hall–Kier alpha value is 0.310. The van der Waals surface area contributed by atoms with Crippen LogP contribution in [-0.4, -0.2) is 24.1 Å². The fourth-order valence-corrected chi connectivity index (χ4v) is 1.97. The molecule has 0 heterocycles. The lowest BCUT2D eigenvalue weighted by atomic mass is 10.1. The van der Waals surface area contributed by atoms with Gasteiger partial charge in [0.25, 0.3) is 0 Å². The first kappa shape index (κ1) is 12.3. The molecule has 0 aliphatic rings. The molecular formula is C10H23NS. The van der Waals surface area contributed by atoms with Crippen molar-refractivity contribution in [3.05, 3.63) is 0 Å². The molecule has 0 rings (SSSR count). The van der Waals surface area contributed by atoms with Crippen LogP contribution in [0.4, 0.5) is 0 Å². The Morgan fingerprint density at radius 1 is 1.25 bits per heavy atom. The highest BCUT2D eigenvalue weighted by molar-refractivity contribution is 7.98. The van der Waals surface area contributed by atoms with E-state index in [0.29, 0.717) is 12.1 Å². The summed E-state index contributed by atoms with van der Waals surface area (Å²) in [5.74, 6) is 1.22. The molecular weight excluding hydrogens is 166 g/mol. The van der Waals surface area contributed by atoms with Gasteiger partial charge < -0.3 is 5.32 Å². The first-order valence-corrected chi connectivity index (χ1v) is 6.35. The Kier molecular flexibility index (Phi) is 8.14. The first-order chi connectivity index (χ1) is 5.70. The molecule has 0 radical (unpaired) electrons. The normalized spacial score (nSPS) is 16.0. The molecule has 1 N–H and O–H groups in total. The van der Waals surface area contributed by atoms with E-state index in [1.165, 1.54) is 25.0 Å².